The van der Waals surface area contributed by atoms with Crippen molar-refractivity contribution < 1.29 is 13.9 Å². The fraction of sp³-hybridized carbons (Fsp3) is 0.200. The van der Waals surface area contributed by atoms with Crippen molar-refractivity contribution in [3.63, 3.8) is 0 Å². The van der Waals surface area contributed by atoms with Crippen molar-refractivity contribution in [1.29, 1.82) is 0 Å². The summed E-state index contributed by atoms with van der Waals surface area (Å²) in [5.41, 5.74) is 6.35. The van der Waals surface area contributed by atoms with Crippen LogP contribution in [-0.2, 0) is 6.42 Å². The van der Waals surface area contributed by atoms with Crippen molar-refractivity contribution in [2.45, 2.75) is 27.2 Å². The van der Waals surface area contributed by atoms with Gasteiger partial charge in [-0.15, -0.1) is 0 Å². The van der Waals surface area contributed by atoms with Crippen molar-refractivity contribution in [2.24, 2.45) is 0 Å². The summed E-state index contributed by atoms with van der Waals surface area (Å²) in [6.07, 6.45) is 0.595. The third-order valence-electron chi connectivity index (χ3n) is 4.84. The minimum atomic E-state index is -0.172. The highest BCUT2D eigenvalue weighted by Crippen LogP contribution is 2.23. The van der Waals surface area contributed by atoms with Gasteiger partial charge in [-0.25, -0.2) is 4.98 Å². The van der Waals surface area contributed by atoms with Crippen molar-refractivity contribution in [2.75, 3.05) is 11.9 Å². The van der Waals surface area contributed by atoms with Gasteiger partial charge in [0.05, 0.1) is 6.61 Å². The number of amides is 1. The van der Waals surface area contributed by atoms with Gasteiger partial charge in [0.15, 0.2) is 11.5 Å². The summed E-state index contributed by atoms with van der Waals surface area (Å²) in [4.78, 5) is 17.1. The van der Waals surface area contributed by atoms with E-state index in [0.717, 1.165) is 27.9 Å². The van der Waals surface area contributed by atoms with Gasteiger partial charge >= 0.3 is 0 Å². The van der Waals surface area contributed by atoms with E-state index in [2.05, 4.69) is 23.3 Å². The Labute approximate surface area is 175 Å². The van der Waals surface area contributed by atoms with Crippen LogP contribution in [0.4, 0.5) is 5.69 Å². The topological polar surface area (TPSA) is 64.4 Å². The molecule has 0 fully saturated rings. The van der Waals surface area contributed by atoms with E-state index >= 15 is 0 Å². The molecule has 0 aliphatic carbocycles. The predicted octanol–water partition coefficient (Wildman–Crippen LogP) is 5.69. The number of hydrogen-bond acceptors (Lipinski definition) is 4. The number of nitrogens with zero attached hydrogens (tertiary/aromatic N) is 1. The number of oxazole rings is 1. The molecule has 0 saturated heterocycles. The smallest absolute Gasteiger partial charge is 0.255 e. The van der Waals surface area contributed by atoms with E-state index in [4.69, 9.17) is 9.15 Å². The quantitative estimate of drug-likeness (QED) is 0.452. The molecule has 1 heterocycles. The number of ether oxygens (including phenoxy) is 1. The van der Waals surface area contributed by atoms with Gasteiger partial charge in [0.2, 0.25) is 0 Å². The Morgan fingerprint density at radius 3 is 2.63 bits per heavy atom. The van der Waals surface area contributed by atoms with Crippen LogP contribution in [0.2, 0.25) is 0 Å². The molecule has 1 aromatic heterocycles. The molecule has 30 heavy (non-hydrogen) atoms. The molecule has 0 aliphatic rings. The summed E-state index contributed by atoms with van der Waals surface area (Å²) in [5.74, 6) is 1.20. The van der Waals surface area contributed by atoms with Crippen LogP contribution in [0.15, 0.2) is 65.1 Å². The first kappa shape index (κ1) is 19.7. The van der Waals surface area contributed by atoms with Crippen LogP contribution in [-0.4, -0.2) is 17.5 Å². The largest absolute Gasteiger partial charge is 0.494 e. The van der Waals surface area contributed by atoms with Crippen LogP contribution >= 0.6 is 0 Å². The second-order valence-electron chi connectivity index (χ2n) is 7.33. The summed E-state index contributed by atoms with van der Waals surface area (Å²) in [7, 11) is 0. The number of nitrogens with one attached hydrogen (secondary N) is 1. The van der Waals surface area contributed by atoms with Gasteiger partial charge < -0.3 is 14.5 Å². The lowest BCUT2D eigenvalue weighted by molar-refractivity contribution is 0.102. The second kappa shape index (κ2) is 8.41. The number of carbonyl (C=O) groups is 1. The minimum absolute atomic E-state index is 0.172. The lowest BCUT2D eigenvalue weighted by atomic mass is 10.1. The Balaban J connectivity index is 1.45. The zero-order valence-corrected chi connectivity index (χ0v) is 17.4. The number of fused-ring (bicyclic) bond motifs is 1. The standard InChI is InChI=1S/C25H24N2O3/c1-4-29-21-7-5-6-19(15-21)25(28)26-20-10-8-18(9-11-20)14-23-27-22-13-16(2)12-17(3)24(22)30-23/h5-13,15H,4,14H2,1-3H3,(H,26,28). The van der Waals surface area contributed by atoms with Crippen LogP contribution in [0, 0.1) is 13.8 Å². The Kier molecular flexibility index (Phi) is 5.53. The summed E-state index contributed by atoms with van der Waals surface area (Å²) >= 11 is 0. The summed E-state index contributed by atoms with van der Waals surface area (Å²) in [5, 5.41) is 2.92. The zero-order valence-electron chi connectivity index (χ0n) is 17.4. The maximum atomic E-state index is 12.5. The molecule has 1 amide bonds. The van der Waals surface area contributed by atoms with E-state index in [1.54, 1.807) is 12.1 Å². The highest BCUT2D eigenvalue weighted by atomic mass is 16.5. The molecule has 5 heteroatoms. The van der Waals surface area contributed by atoms with Crippen LogP contribution in [0.3, 0.4) is 0 Å². The first-order valence-electron chi connectivity index (χ1n) is 10.0. The molecular weight excluding hydrogens is 376 g/mol. The monoisotopic (exact) mass is 400 g/mol. The Morgan fingerprint density at radius 2 is 1.87 bits per heavy atom. The molecule has 0 bridgehead atoms. The fourth-order valence-electron chi connectivity index (χ4n) is 3.48. The average molecular weight is 400 g/mol. The van der Waals surface area contributed by atoms with Crippen molar-refractivity contribution in [3.05, 3.63) is 88.8 Å². The molecule has 0 aliphatic heterocycles. The van der Waals surface area contributed by atoms with Crippen molar-refractivity contribution >= 4 is 22.7 Å². The fourth-order valence-corrected chi connectivity index (χ4v) is 3.48. The van der Waals surface area contributed by atoms with Gasteiger partial charge in [-0.1, -0.05) is 24.3 Å². The normalized spacial score (nSPS) is 10.9. The van der Waals surface area contributed by atoms with Crippen molar-refractivity contribution in [1.82, 2.24) is 4.98 Å². The third kappa shape index (κ3) is 4.35. The van der Waals surface area contributed by atoms with E-state index < -0.39 is 0 Å². The third-order valence-corrected chi connectivity index (χ3v) is 4.84. The number of hydrogen-bond donors (Lipinski definition) is 1. The van der Waals surface area contributed by atoms with Gasteiger partial charge in [0.1, 0.15) is 11.3 Å². The number of aryl methyl sites for hydroxylation is 2. The van der Waals surface area contributed by atoms with Gasteiger partial charge in [0, 0.05) is 17.7 Å². The molecule has 0 saturated carbocycles. The number of benzene rings is 3. The zero-order chi connectivity index (χ0) is 21.1. The highest BCUT2D eigenvalue weighted by Gasteiger charge is 2.11. The van der Waals surface area contributed by atoms with Gasteiger partial charge in [-0.3, -0.25) is 4.79 Å². The number of carbonyl (C=O) groups excluding carboxylic acids is 1. The molecule has 0 radical (unpaired) electrons. The molecule has 1 N–H and O–H groups in total. The Morgan fingerprint density at radius 1 is 1.07 bits per heavy atom. The summed E-state index contributed by atoms with van der Waals surface area (Å²) < 4.78 is 11.4. The molecule has 5 nitrogen and oxygen atoms in total. The molecule has 0 spiro atoms. The molecular formula is C25H24N2O3. The molecule has 4 aromatic rings. The van der Waals surface area contributed by atoms with E-state index in [0.29, 0.717) is 30.2 Å². The van der Waals surface area contributed by atoms with Gasteiger partial charge in [-0.2, -0.15) is 0 Å². The summed E-state index contributed by atoms with van der Waals surface area (Å²) in [6, 6.07) is 19.0. The first-order valence-corrected chi connectivity index (χ1v) is 10.0. The second-order valence-corrected chi connectivity index (χ2v) is 7.33. The molecule has 4 rings (SSSR count). The van der Waals surface area contributed by atoms with Gasteiger partial charge in [0.25, 0.3) is 5.91 Å². The van der Waals surface area contributed by atoms with Crippen LogP contribution in [0.5, 0.6) is 5.75 Å². The highest BCUT2D eigenvalue weighted by molar-refractivity contribution is 6.04. The minimum Gasteiger partial charge on any atom is -0.494 e. The number of anilines is 1. The van der Waals surface area contributed by atoms with E-state index in [1.165, 1.54) is 5.56 Å². The lowest BCUT2D eigenvalue weighted by Gasteiger charge is -2.08. The Bertz CT molecular complexity index is 1190. The average Bonchev–Trinajstić information content (AvgIpc) is 3.12. The molecule has 0 unspecified atom stereocenters. The molecule has 0 atom stereocenters. The maximum Gasteiger partial charge on any atom is 0.255 e. The van der Waals surface area contributed by atoms with Crippen molar-refractivity contribution in [3.8, 4) is 5.75 Å². The van der Waals surface area contributed by atoms with Crippen LogP contribution in [0.25, 0.3) is 11.1 Å². The van der Waals surface area contributed by atoms with E-state index in [9.17, 15) is 4.79 Å². The summed E-state index contributed by atoms with van der Waals surface area (Å²) in [6.45, 7) is 6.57. The van der Waals surface area contributed by atoms with E-state index in [1.807, 2.05) is 56.3 Å². The molecule has 3 aromatic carbocycles. The lowest BCUT2D eigenvalue weighted by Crippen LogP contribution is -2.12. The SMILES string of the molecule is CCOc1cccc(C(=O)Nc2ccc(Cc3nc4cc(C)cc(C)c4o3)cc2)c1. The molecule has 152 valence electrons. The van der Waals surface area contributed by atoms with Crippen LogP contribution < -0.4 is 10.1 Å². The Hall–Kier alpha value is -3.60. The number of rotatable bonds is 6. The predicted molar refractivity (Wildman–Crippen MR) is 118 cm³/mol. The first-order chi connectivity index (χ1) is 14.5. The van der Waals surface area contributed by atoms with Gasteiger partial charge in [-0.05, 0) is 73.9 Å². The number of aromatic nitrogens is 1. The van der Waals surface area contributed by atoms with E-state index in [-0.39, 0.29) is 5.91 Å². The van der Waals surface area contributed by atoms with Crippen LogP contribution in [0.1, 0.15) is 39.9 Å². The maximum absolute atomic E-state index is 12.5.